The maximum atomic E-state index is 5.39. The van der Waals surface area contributed by atoms with Crippen LogP contribution in [0.2, 0.25) is 0 Å². The molecule has 1 heterocycles. The quantitative estimate of drug-likeness (QED) is 0.876. The molecule has 1 N–H and O–H groups in total. The zero-order chi connectivity index (χ0) is 11.4. The van der Waals surface area contributed by atoms with Gasteiger partial charge in [0.1, 0.15) is 5.75 Å². The Hall–Kier alpha value is -1.32. The van der Waals surface area contributed by atoms with Crippen LogP contribution in [0.5, 0.6) is 5.75 Å². The van der Waals surface area contributed by atoms with Gasteiger partial charge in [0.2, 0.25) is 0 Å². The van der Waals surface area contributed by atoms with Crippen molar-refractivity contribution in [3.8, 4) is 5.75 Å². The van der Waals surface area contributed by atoms with E-state index in [0.29, 0.717) is 0 Å². The fraction of sp³-hybridized carbons (Fsp3) is 0.231. The van der Waals surface area contributed by atoms with Crippen molar-refractivity contribution in [1.82, 2.24) is 5.32 Å². The van der Waals surface area contributed by atoms with Gasteiger partial charge in [-0.1, -0.05) is 18.2 Å². The maximum Gasteiger partial charge on any atom is 0.123 e. The van der Waals surface area contributed by atoms with E-state index in [1.807, 2.05) is 25.2 Å². The number of methoxy groups -OCH3 is 1. The van der Waals surface area contributed by atoms with E-state index in [0.717, 1.165) is 5.75 Å². The second kappa shape index (κ2) is 5.14. The molecule has 0 aliphatic heterocycles. The van der Waals surface area contributed by atoms with Crippen LogP contribution in [-0.4, -0.2) is 14.2 Å². The van der Waals surface area contributed by atoms with Gasteiger partial charge in [-0.25, -0.2) is 0 Å². The van der Waals surface area contributed by atoms with E-state index in [-0.39, 0.29) is 6.04 Å². The molecule has 1 aromatic carbocycles. The van der Waals surface area contributed by atoms with E-state index in [2.05, 4.69) is 28.2 Å². The summed E-state index contributed by atoms with van der Waals surface area (Å²) in [5, 5.41) is 7.57. The van der Waals surface area contributed by atoms with Gasteiger partial charge in [-0.2, -0.15) is 11.3 Å². The predicted octanol–water partition coefficient (Wildman–Crippen LogP) is 3.07. The first-order chi connectivity index (χ1) is 7.86. The number of benzene rings is 1. The molecule has 0 spiro atoms. The lowest BCUT2D eigenvalue weighted by atomic mass is 10.0. The summed E-state index contributed by atoms with van der Waals surface area (Å²) in [6.07, 6.45) is 0. The zero-order valence-electron chi connectivity index (χ0n) is 9.44. The van der Waals surface area contributed by atoms with Gasteiger partial charge in [-0.15, -0.1) is 0 Å². The molecule has 0 fully saturated rings. The highest BCUT2D eigenvalue weighted by Crippen LogP contribution is 2.30. The lowest BCUT2D eigenvalue weighted by Gasteiger charge is -2.18. The lowest BCUT2D eigenvalue weighted by Crippen LogP contribution is -2.17. The smallest absolute Gasteiger partial charge is 0.123 e. The van der Waals surface area contributed by atoms with Gasteiger partial charge in [0, 0.05) is 5.56 Å². The van der Waals surface area contributed by atoms with Crippen LogP contribution in [0.1, 0.15) is 17.2 Å². The molecule has 1 unspecified atom stereocenters. The minimum Gasteiger partial charge on any atom is -0.496 e. The molecule has 0 saturated heterocycles. The third-order valence-electron chi connectivity index (χ3n) is 2.62. The van der Waals surface area contributed by atoms with Crippen LogP contribution in [0, 0.1) is 0 Å². The summed E-state index contributed by atoms with van der Waals surface area (Å²) in [5.74, 6) is 0.924. The highest BCUT2D eigenvalue weighted by atomic mass is 32.1. The molecule has 0 aliphatic rings. The van der Waals surface area contributed by atoms with Crippen LogP contribution >= 0.6 is 11.3 Å². The predicted molar refractivity (Wildman–Crippen MR) is 68.2 cm³/mol. The normalized spacial score (nSPS) is 12.4. The Morgan fingerprint density at radius 3 is 2.69 bits per heavy atom. The summed E-state index contributed by atoms with van der Waals surface area (Å²) in [6.45, 7) is 0. The Morgan fingerprint density at radius 1 is 1.25 bits per heavy atom. The van der Waals surface area contributed by atoms with Crippen molar-refractivity contribution >= 4 is 11.3 Å². The topological polar surface area (TPSA) is 21.3 Å². The van der Waals surface area contributed by atoms with Gasteiger partial charge in [0.15, 0.2) is 0 Å². The monoisotopic (exact) mass is 233 g/mol. The van der Waals surface area contributed by atoms with Crippen molar-refractivity contribution in [3.63, 3.8) is 0 Å². The van der Waals surface area contributed by atoms with Crippen molar-refractivity contribution in [1.29, 1.82) is 0 Å². The molecule has 84 valence electrons. The molecule has 2 nitrogen and oxygen atoms in total. The molecule has 0 amide bonds. The standard InChI is InChI=1S/C13H15NOS/c1-14-13(10-7-8-16-9-10)11-5-3-4-6-12(11)15-2/h3-9,13-14H,1-2H3. The highest BCUT2D eigenvalue weighted by molar-refractivity contribution is 7.08. The Morgan fingerprint density at radius 2 is 2.06 bits per heavy atom. The molecule has 0 saturated carbocycles. The molecule has 16 heavy (non-hydrogen) atoms. The van der Waals surface area contributed by atoms with Crippen molar-refractivity contribution in [3.05, 3.63) is 52.2 Å². The van der Waals surface area contributed by atoms with Gasteiger partial charge >= 0.3 is 0 Å². The SMILES string of the molecule is CNC(c1ccsc1)c1ccccc1OC. The van der Waals surface area contributed by atoms with Gasteiger partial charge < -0.3 is 10.1 Å². The fourth-order valence-corrected chi connectivity index (χ4v) is 2.53. The number of para-hydroxylation sites is 1. The summed E-state index contributed by atoms with van der Waals surface area (Å²) in [7, 11) is 3.67. The number of hydrogen-bond acceptors (Lipinski definition) is 3. The average molecular weight is 233 g/mol. The number of nitrogens with one attached hydrogen (secondary N) is 1. The van der Waals surface area contributed by atoms with Gasteiger partial charge in [-0.05, 0) is 35.5 Å². The number of ether oxygens (including phenoxy) is 1. The zero-order valence-corrected chi connectivity index (χ0v) is 10.3. The van der Waals surface area contributed by atoms with Crippen LogP contribution in [-0.2, 0) is 0 Å². The highest BCUT2D eigenvalue weighted by Gasteiger charge is 2.15. The largest absolute Gasteiger partial charge is 0.496 e. The van der Waals surface area contributed by atoms with Crippen molar-refractivity contribution in [2.75, 3.05) is 14.2 Å². The average Bonchev–Trinajstić information content (AvgIpc) is 2.84. The molecule has 2 rings (SSSR count). The molecule has 0 radical (unpaired) electrons. The summed E-state index contributed by atoms with van der Waals surface area (Å²) in [6, 6.07) is 10.4. The molecule has 3 heteroatoms. The van der Waals surface area contributed by atoms with Crippen LogP contribution < -0.4 is 10.1 Å². The molecular formula is C13H15NOS. The summed E-state index contributed by atoms with van der Waals surface area (Å²) < 4.78 is 5.39. The summed E-state index contributed by atoms with van der Waals surface area (Å²) >= 11 is 1.71. The summed E-state index contributed by atoms with van der Waals surface area (Å²) in [4.78, 5) is 0. The van der Waals surface area contributed by atoms with E-state index >= 15 is 0 Å². The number of hydrogen-bond donors (Lipinski definition) is 1. The van der Waals surface area contributed by atoms with E-state index in [1.165, 1.54) is 11.1 Å². The Balaban J connectivity index is 2.41. The maximum absolute atomic E-state index is 5.39. The van der Waals surface area contributed by atoms with E-state index in [1.54, 1.807) is 18.4 Å². The first kappa shape index (κ1) is 11.2. The first-order valence-electron chi connectivity index (χ1n) is 5.19. The number of thiophene rings is 1. The van der Waals surface area contributed by atoms with Crippen molar-refractivity contribution < 1.29 is 4.74 Å². The van der Waals surface area contributed by atoms with Crippen LogP contribution in [0.4, 0.5) is 0 Å². The third-order valence-corrected chi connectivity index (χ3v) is 3.32. The Bertz CT molecular complexity index is 439. The van der Waals surface area contributed by atoms with Gasteiger partial charge in [-0.3, -0.25) is 0 Å². The third kappa shape index (κ3) is 2.10. The van der Waals surface area contributed by atoms with E-state index in [9.17, 15) is 0 Å². The van der Waals surface area contributed by atoms with Gasteiger partial charge in [0.05, 0.1) is 13.2 Å². The second-order valence-corrected chi connectivity index (χ2v) is 4.30. The molecular weight excluding hydrogens is 218 g/mol. The molecule has 1 aromatic heterocycles. The molecule has 0 bridgehead atoms. The van der Waals surface area contributed by atoms with Crippen LogP contribution in [0.3, 0.4) is 0 Å². The minimum atomic E-state index is 0.197. The van der Waals surface area contributed by atoms with Crippen LogP contribution in [0.25, 0.3) is 0 Å². The van der Waals surface area contributed by atoms with Crippen molar-refractivity contribution in [2.24, 2.45) is 0 Å². The lowest BCUT2D eigenvalue weighted by molar-refractivity contribution is 0.405. The minimum absolute atomic E-state index is 0.197. The molecule has 0 aliphatic carbocycles. The molecule has 1 atom stereocenters. The first-order valence-corrected chi connectivity index (χ1v) is 6.13. The summed E-state index contributed by atoms with van der Waals surface area (Å²) in [5.41, 5.74) is 2.45. The molecule has 2 aromatic rings. The van der Waals surface area contributed by atoms with Crippen molar-refractivity contribution in [2.45, 2.75) is 6.04 Å². The Labute approximate surface area is 99.9 Å². The number of rotatable bonds is 4. The second-order valence-electron chi connectivity index (χ2n) is 3.52. The fourth-order valence-electron chi connectivity index (χ4n) is 1.85. The van der Waals surface area contributed by atoms with Crippen LogP contribution in [0.15, 0.2) is 41.1 Å². The van der Waals surface area contributed by atoms with E-state index < -0.39 is 0 Å². The van der Waals surface area contributed by atoms with E-state index in [4.69, 9.17) is 4.74 Å². The van der Waals surface area contributed by atoms with Gasteiger partial charge in [0.25, 0.3) is 0 Å². The Kier molecular flexibility index (Phi) is 3.59.